The molecule has 84 valence electrons. The average Bonchev–Trinajstić information content (AvgIpc) is 2.41. The first-order valence-electron chi connectivity index (χ1n) is 5.06. The standard InChI is InChI=1S/C13H10N2O2/c16-13(12-6-8-14-9-7-12)17-15-10-11-4-2-1-3-5-11/h1-10H/b15-10+. The molecule has 0 saturated carbocycles. The molecule has 0 amide bonds. The Balaban J connectivity index is 1.95. The monoisotopic (exact) mass is 226 g/mol. The maximum Gasteiger partial charge on any atom is 0.365 e. The van der Waals surface area contributed by atoms with Gasteiger partial charge < -0.3 is 4.84 Å². The third kappa shape index (κ3) is 3.24. The molecule has 0 bridgehead atoms. The van der Waals surface area contributed by atoms with E-state index in [9.17, 15) is 4.79 Å². The minimum atomic E-state index is -0.500. The first kappa shape index (κ1) is 11.0. The highest BCUT2D eigenvalue weighted by Crippen LogP contribution is 2.00. The molecule has 0 spiro atoms. The molecule has 17 heavy (non-hydrogen) atoms. The van der Waals surface area contributed by atoms with Crippen LogP contribution >= 0.6 is 0 Å². The molecule has 2 aromatic rings. The fraction of sp³-hybridized carbons (Fsp3) is 0. The van der Waals surface area contributed by atoms with Crippen LogP contribution in [0.15, 0.2) is 60.0 Å². The summed E-state index contributed by atoms with van der Waals surface area (Å²) in [5.74, 6) is -0.500. The van der Waals surface area contributed by atoms with E-state index in [0.29, 0.717) is 5.56 Å². The highest BCUT2D eigenvalue weighted by Gasteiger charge is 2.04. The number of carbonyl (C=O) groups excluding carboxylic acids is 1. The summed E-state index contributed by atoms with van der Waals surface area (Å²) in [6.07, 6.45) is 4.54. The van der Waals surface area contributed by atoms with Gasteiger partial charge in [-0.15, -0.1) is 0 Å². The van der Waals surface area contributed by atoms with E-state index in [1.807, 2.05) is 30.3 Å². The highest BCUT2D eigenvalue weighted by atomic mass is 16.7. The number of pyridine rings is 1. The molecule has 2 rings (SSSR count). The summed E-state index contributed by atoms with van der Waals surface area (Å²) in [6, 6.07) is 12.5. The Labute approximate surface area is 98.6 Å². The Hall–Kier alpha value is -2.49. The quantitative estimate of drug-likeness (QED) is 0.458. The zero-order valence-electron chi connectivity index (χ0n) is 8.98. The summed E-state index contributed by atoms with van der Waals surface area (Å²) in [5.41, 5.74) is 1.29. The van der Waals surface area contributed by atoms with Gasteiger partial charge in [0.25, 0.3) is 0 Å². The molecule has 0 aliphatic carbocycles. The molecule has 0 unspecified atom stereocenters. The van der Waals surface area contributed by atoms with Gasteiger partial charge in [0.05, 0.1) is 11.8 Å². The zero-order chi connectivity index (χ0) is 11.9. The van der Waals surface area contributed by atoms with Crippen molar-refractivity contribution in [2.24, 2.45) is 5.16 Å². The van der Waals surface area contributed by atoms with Gasteiger partial charge >= 0.3 is 5.97 Å². The predicted molar refractivity (Wildman–Crippen MR) is 63.7 cm³/mol. The van der Waals surface area contributed by atoms with Gasteiger partial charge in [0.15, 0.2) is 0 Å². The van der Waals surface area contributed by atoms with Crippen molar-refractivity contribution in [3.05, 3.63) is 66.0 Å². The summed E-state index contributed by atoms with van der Waals surface area (Å²) < 4.78 is 0. The molecule has 0 saturated heterocycles. The van der Waals surface area contributed by atoms with Crippen LogP contribution in [0.25, 0.3) is 0 Å². The Kier molecular flexibility index (Phi) is 3.60. The van der Waals surface area contributed by atoms with E-state index in [0.717, 1.165) is 5.56 Å². The molecule has 1 aromatic heterocycles. The second kappa shape index (κ2) is 5.55. The van der Waals surface area contributed by atoms with E-state index in [4.69, 9.17) is 4.84 Å². The summed E-state index contributed by atoms with van der Waals surface area (Å²) >= 11 is 0. The van der Waals surface area contributed by atoms with Gasteiger partial charge in [-0.2, -0.15) is 0 Å². The molecule has 0 radical (unpaired) electrons. The van der Waals surface area contributed by atoms with Crippen LogP contribution in [-0.2, 0) is 4.84 Å². The second-order valence-electron chi connectivity index (χ2n) is 3.26. The Morgan fingerprint density at radius 3 is 2.53 bits per heavy atom. The number of hydrogen-bond acceptors (Lipinski definition) is 4. The zero-order valence-corrected chi connectivity index (χ0v) is 8.98. The molecule has 0 atom stereocenters. The normalized spacial score (nSPS) is 10.4. The van der Waals surface area contributed by atoms with Crippen LogP contribution in [0.4, 0.5) is 0 Å². The van der Waals surface area contributed by atoms with Gasteiger partial charge in [0, 0.05) is 12.4 Å². The van der Waals surface area contributed by atoms with E-state index in [1.165, 1.54) is 18.6 Å². The van der Waals surface area contributed by atoms with Gasteiger partial charge in [-0.25, -0.2) is 4.79 Å². The SMILES string of the molecule is O=C(O/N=C/c1ccccc1)c1ccncc1. The average molecular weight is 226 g/mol. The van der Waals surface area contributed by atoms with Crippen LogP contribution < -0.4 is 0 Å². The van der Waals surface area contributed by atoms with Crippen molar-refractivity contribution in [1.29, 1.82) is 0 Å². The second-order valence-corrected chi connectivity index (χ2v) is 3.26. The molecule has 4 nitrogen and oxygen atoms in total. The number of oxime groups is 1. The molecule has 0 aliphatic heterocycles. The largest absolute Gasteiger partial charge is 0.365 e. The van der Waals surface area contributed by atoms with Gasteiger partial charge in [-0.3, -0.25) is 4.98 Å². The van der Waals surface area contributed by atoms with Crippen molar-refractivity contribution in [3.8, 4) is 0 Å². The lowest BCUT2D eigenvalue weighted by Gasteiger charge is -1.96. The van der Waals surface area contributed by atoms with Gasteiger partial charge in [-0.05, 0) is 17.7 Å². The predicted octanol–water partition coefficient (Wildman–Crippen LogP) is 2.27. The number of aromatic nitrogens is 1. The Morgan fingerprint density at radius 1 is 1.12 bits per heavy atom. The van der Waals surface area contributed by atoms with E-state index in [2.05, 4.69) is 10.1 Å². The van der Waals surface area contributed by atoms with E-state index in [1.54, 1.807) is 12.1 Å². The molecule has 1 heterocycles. The number of hydrogen-bond donors (Lipinski definition) is 0. The summed E-state index contributed by atoms with van der Waals surface area (Å²) in [5, 5.41) is 3.62. The topological polar surface area (TPSA) is 51.5 Å². The van der Waals surface area contributed by atoms with Gasteiger partial charge in [-0.1, -0.05) is 35.5 Å². The van der Waals surface area contributed by atoms with Crippen LogP contribution in [0.5, 0.6) is 0 Å². The third-order valence-corrected chi connectivity index (χ3v) is 2.05. The van der Waals surface area contributed by atoms with E-state index >= 15 is 0 Å². The molecule has 0 N–H and O–H groups in total. The van der Waals surface area contributed by atoms with Crippen molar-refractivity contribution in [3.63, 3.8) is 0 Å². The van der Waals surface area contributed by atoms with Crippen molar-refractivity contribution in [2.45, 2.75) is 0 Å². The van der Waals surface area contributed by atoms with Crippen LogP contribution in [0.3, 0.4) is 0 Å². The van der Waals surface area contributed by atoms with Crippen molar-refractivity contribution in [2.75, 3.05) is 0 Å². The number of benzene rings is 1. The lowest BCUT2D eigenvalue weighted by atomic mass is 10.2. The lowest BCUT2D eigenvalue weighted by molar-refractivity contribution is 0.0519. The lowest BCUT2D eigenvalue weighted by Crippen LogP contribution is -2.00. The van der Waals surface area contributed by atoms with Crippen LogP contribution in [0.2, 0.25) is 0 Å². The van der Waals surface area contributed by atoms with Gasteiger partial charge in [0.2, 0.25) is 0 Å². The maximum absolute atomic E-state index is 11.5. The summed E-state index contributed by atoms with van der Waals surface area (Å²) in [4.78, 5) is 20.0. The van der Waals surface area contributed by atoms with Crippen LogP contribution in [-0.4, -0.2) is 17.2 Å². The van der Waals surface area contributed by atoms with Crippen LogP contribution in [0.1, 0.15) is 15.9 Å². The number of rotatable bonds is 3. The molecular weight excluding hydrogens is 216 g/mol. The molecule has 0 fully saturated rings. The fourth-order valence-electron chi connectivity index (χ4n) is 1.21. The fourth-order valence-corrected chi connectivity index (χ4v) is 1.21. The molecule has 1 aromatic carbocycles. The van der Waals surface area contributed by atoms with Gasteiger partial charge in [0.1, 0.15) is 0 Å². The minimum absolute atomic E-state index is 0.421. The smallest absolute Gasteiger partial charge is 0.313 e. The van der Waals surface area contributed by atoms with Crippen molar-refractivity contribution >= 4 is 12.2 Å². The highest BCUT2D eigenvalue weighted by molar-refractivity contribution is 5.89. The first-order valence-corrected chi connectivity index (χ1v) is 5.06. The van der Waals surface area contributed by atoms with Crippen molar-refractivity contribution < 1.29 is 9.63 Å². The van der Waals surface area contributed by atoms with E-state index in [-0.39, 0.29) is 0 Å². The maximum atomic E-state index is 11.5. The Bertz CT molecular complexity index is 509. The third-order valence-electron chi connectivity index (χ3n) is 2.05. The first-order chi connectivity index (χ1) is 8.36. The summed E-state index contributed by atoms with van der Waals surface area (Å²) in [6.45, 7) is 0. The molecular formula is C13H10N2O2. The number of carbonyl (C=O) groups is 1. The number of nitrogens with zero attached hydrogens (tertiary/aromatic N) is 2. The minimum Gasteiger partial charge on any atom is -0.313 e. The molecule has 0 aliphatic rings. The van der Waals surface area contributed by atoms with E-state index < -0.39 is 5.97 Å². The van der Waals surface area contributed by atoms with Crippen LogP contribution in [0, 0.1) is 0 Å². The van der Waals surface area contributed by atoms with Crippen molar-refractivity contribution in [1.82, 2.24) is 4.98 Å². The Morgan fingerprint density at radius 2 is 1.82 bits per heavy atom. The molecule has 4 heteroatoms. The summed E-state index contributed by atoms with van der Waals surface area (Å²) in [7, 11) is 0.